The second kappa shape index (κ2) is 2.36. The molecule has 1 rings (SSSR count). The minimum atomic E-state index is -0.303. The van der Waals surface area contributed by atoms with Crippen molar-refractivity contribution in [1.29, 1.82) is 0 Å². The summed E-state index contributed by atoms with van der Waals surface area (Å²) in [6, 6.07) is 5.37. The van der Waals surface area contributed by atoms with E-state index in [0.29, 0.717) is 10.6 Å². The molecule has 0 aromatic heterocycles. The molecule has 0 aliphatic rings. The molecule has 0 bridgehead atoms. The Bertz CT molecular complexity index is 200. The monoisotopic (exact) mass is 143 g/mol. The Morgan fingerprint density at radius 1 is 1.56 bits per heavy atom. The van der Waals surface area contributed by atoms with Gasteiger partial charge in [-0.1, -0.05) is 11.6 Å². The lowest BCUT2D eigenvalue weighted by atomic mass is 10.2. The quantitative estimate of drug-likeness (QED) is 0.524. The van der Waals surface area contributed by atoms with Gasteiger partial charge in [-0.2, -0.15) is 0 Å². The van der Waals surface area contributed by atoms with Crippen LogP contribution in [0.2, 0.25) is 5.02 Å². The number of hydrogen-bond acceptors (Lipinski definition) is 0. The van der Waals surface area contributed by atoms with Crippen molar-refractivity contribution in [1.82, 2.24) is 0 Å². The van der Waals surface area contributed by atoms with Crippen molar-refractivity contribution in [2.75, 3.05) is 0 Å². The standard InChI is InChI=1S/C7H5ClF/c1-5-6(8)3-2-4-7(5)9/h3-4H,1H3. The molecule has 9 heavy (non-hydrogen) atoms. The van der Waals surface area contributed by atoms with Crippen LogP contribution in [0.25, 0.3) is 0 Å². The molecule has 0 saturated carbocycles. The fourth-order valence-electron chi connectivity index (χ4n) is 0.519. The largest absolute Gasteiger partial charge is 0.207 e. The molecule has 0 spiro atoms. The van der Waals surface area contributed by atoms with E-state index in [1.165, 1.54) is 6.07 Å². The van der Waals surface area contributed by atoms with Gasteiger partial charge in [0.1, 0.15) is 5.82 Å². The highest BCUT2D eigenvalue weighted by molar-refractivity contribution is 6.31. The van der Waals surface area contributed by atoms with Crippen LogP contribution in [0.5, 0.6) is 0 Å². The molecule has 0 nitrogen and oxygen atoms in total. The molecule has 0 saturated heterocycles. The maximum Gasteiger partial charge on any atom is 0.128 e. The smallest absolute Gasteiger partial charge is 0.128 e. The minimum absolute atomic E-state index is 0.303. The van der Waals surface area contributed by atoms with Gasteiger partial charge in [0.15, 0.2) is 0 Å². The molecule has 0 fully saturated rings. The van der Waals surface area contributed by atoms with Gasteiger partial charge in [-0.25, -0.2) is 4.39 Å². The van der Waals surface area contributed by atoms with Crippen molar-refractivity contribution in [3.8, 4) is 0 Å². The predicted molar refractivity (Wildman–Crippen MR) is 35.0 cm³/mol. The van der Waals surface area contributed by atoms with Crippen LogP contribution in [0, 0.1) is 18.8 Å². The lowest BCUT2D eigenvalue weighted by Gasteiger charge is -1.94. The molecular weight excluding hydrogens is 139 g/mol. The van der Waals surface area contributed by atoms with Crippen LogP contribution in [0.1, 0.15) is 5.56 Å². The molecule has 1 radical (unpaired) electrons. The summed E-state index contributed by atoms with van der Waals surface area (Å²) in [4.78, 5) is 0. The molecule has 0 atom stereocenters. The fourth-order valence-corrected chi connectivity index (χ4v) is 0.672. The van der Waals surface area contributed by atoms with Gasteiger partial charge < -0.3 is 0 Å². The minimum Gasteiger partial charge on any atom is -0.207 e. The highest BCUT2D eigenvalue weighted by atomic mass is 35.5. The third kappa shape index (κ3) is 1.22. The molecular formula is C7H5ClF. The summed E-state index contributed by atoms with van der Waals surface area (Å²) in [5.41, 5.74) is 0.482. The fraction of sp³-hybridized carbons (Fsp3) is 0.143. The first-order chi connectivity index (χ1) is 4.22. The van der Waals surface area contributed by atoms with Crippen molar-refractivity contribution >= 4 is 11.6 Å². The van der Waals surface area contributed by atoms with Gasteiger partial charge in [0.05, 0.1) is 0 Å². The first-order valence-corrected chi connectivity index (χ1v) is 2.91. The molecule has 0 amide bonds. The third-order valence-corrected chi connectivity index (χ3v) is 1.53. The van der Waals surface area contributed by atoms with E-state index in [1.54, 1.807) is 13.0 Å². The van der Waals surface area contributed by atoms with Crippen molar-refractivity contribution in [3.63, 3.8) is 0 Å². The van der Waals surface area contributed by atoms with Gasteiger partial charge in [0.25, 0.3) is 0 Å². The lowest BCUT2D eigenvalue weighted by Crippen LogP contribution is -1.80. The van der Waals surface area contributed by atoms with Crippen LogP contribution in [0.4, 0.5) is 4.39 Å². The highest BCUT2D eigenvalue weighted by Crippen LogP contribution is 2.15. The molecule has 0 unspecified atom stereocenters. The van der Waals surface area contributed by atoms with E-state index in [4.69, 9.17) is 11.6 Å². The summed E-state index contributed by atoms with van der Waals surface area (Å²) in [5, 5.41) is 0.426. The third-order valence-electron chi connectivity index (χ3n) is 1.14. The molecule has 47 valence electrons. The van der Waals surface area contributed by atoms with Gasteiger partial charge in [-0.15, -0.1) is 0 Å². The van der Waals surface area contributed by atoms with Gasteiger partial charge in [0, 0.05) is 10.6 Å². The summed E-state index contributed by atoms with van der Waals surface area (Å²) in [6.07, 6.45) is 0. The van der Waals surface area contributed by atoms with E-state index < -0.39 is 0 Å². The Hall–Kier alpha value is -0.560. The zero-order valence-corrected chi connectivity index (χ0v) is 5.67. The summed E-state index contributed by atoms with van der Waals surface area (Å²) >= 11 is 5.54. The normalized spacial score (nSPS) is 9.67. The molecule has 2 heteroatoms. The number of rotatable bonds is 0. The summed E-state index contributed by atoms with van der Waals surface area (Å²) in [5.74, 6) is -0.303. The predicted octanol–water partition coefficient (Wildman–Crippen LogP) is 2.59. The van der Waals surface area contributed by atoms with Crippen LogP contribution in [-0.4, -0.2) is 0 Å². The average Bonchev–Trinajstić information content (AvgIpc) is 1.83. The highest BCUT2D eigenvalue weighted by Gasteiger charge is 1.98. The second-order valence-corrected chi connectivity index (χ2v) is 2.18. The van der Waals surface area contributed by atoms with Crippen LogP contribution >= 0.6 is 11.6 Å². The van der Waals surface area contributed by atoms with Gasteiger partial charge >= 0.3 is 0 Å². The lowest BCUT2D eigenvalue weighted by molar-refractivity contribution is 0.618. The molecule has 1 aromatic rings. The van der Waals surface area contributed by atoms with E-state index >= 15 is 0 Å². The van der Waals surface area contributed by atoms with Crippen molar-refractivity contribution in [2.24, 2.45) is 0 Å². The summed E-state index contributed by atoms with van der Waals surface area (Å²) < 4.78 is 12.5. The SMILES string of the molecule is Cc1c(F)c[c]cc1Cl. The van der Waals surface area contributed by atoms with Gasteiger partial charge in [0.2, 0.25) is 0 Å². The van der Waals surface area contributed by atoms with E-state index in [-0.39, 0.29) is 5.82 Å². The number of benzene rings is 1. The summed E-state index contributed by atoms with van der Waals surface area (Å²) in [6.45, 7) is 1.63. The van der Waals surface area contributed by atoms with Crippen molar-refractivity contribution in [3.05, 3.63) is 34.6 Å². The molecule has 0 heterocycles. The Kier molecular flexibility index (Phi) is 1.72. The topological polar surface area (TPSA) is 0 Å². The van der Waals surface area contributed by atoms with Crippen LogP contribution in [0.15, 0.2) is 12.1 Å². The average molecular weight is 144 g/mol. The van der Waals surface area contributed by atoms with Crippen molar-refractivity contribution < 1.29 is 4.39 Å². The van der Waals surface area contributed by atoms with Crippen LogP contribution in [-0.2, 0) is 0 Å². The number of halogens is 2. The summed E-state index contributed by atoms with van der Waals surface area (Å²) in [7, 11) is 0. The molecule has 0 aliphatic carbocycles. The molecule has 0 aliphatic heterocycles. The van der Waals surface area contributed by atoms with Gasteiger partial charge in [-0.3, -0.25) is 0 Å². The molecule has 0 N–H and O–H groups in total. The van der Waals surface area contributed by atoms with E-state index in [2.05, 4.69) is 6.07 Å². The van der Waals surface area contributed by atoms with E-state index in [9.17, 15) is 4.39 Å². The van der Waals surface area contributed by atoms with E-state index in [1.807, 2.05) is 0 Å². The first kappa shape index (κ1) is 6.56. The van der Waals surface area contributed by atoms with E-state index in [0.717, 1.165) is 0 Å². The Labute approximate surface area is 58.3 Å². The maximum atomic E-state index is 12.5. The van der Waals surface area contributed by atoms with Gasteiger partial charge in [-0.05, 0) is 25.1 Å². The Balaban J connectivity index is 3.25. The van der Waals surface area contributed by atoms with Crippen molar-refractivity contribution in [2.45, 2.75) is 6.92 Å². The Morgan fingerprint density at radius 3 is 2.67 bits per heavy atom. The Morgan fingerprint density at radius 2 is 2.22 bits per heavy atom. The molecule has 1 aromatic carbocycles. The number of hydrogen-bond donors (Lipinski definition) is 0. The van der Waals surface area contributed by atoms with Crippen LogP contribution in [0.3, 0.4) is 0 Å². The first-order valence-electron chi connectivity index (χ1n) is 2.53. The zero-order valence-electron chi connectivity index (χ0n) is 4.91. The van der Waals surface area contributed by atoms with Crippen LogP contribution < -0.4 is 0 Å². The second-order valence-electron chi connectivity index (χ2n) is 1.78. The maximum absolute atomic E-state index is 12.5. The zero-order chi connectivity index (χ0) is 6.85.